The molecule has 0 aromatic heterocycles. The maximum Gasteiger partial charge on any atom is 0.303 e. The molecule has 0 aliphatic heterocycles. The minimum absolute atomic E-state index is 0.0653. The minimum atomic E-state index is -1.00. The molecule has 0 atom stereocenters. The van der Waals surface area contributed by atoms with Crippen molar-refractivity contribution in [2.24, 2.45) is 0 Å². The number of aliphatic carboxylic acids is 1. The van der Waals surface area contributed by atoms with Gasteiger partial charge in [-0.3, -0.25) is 14.4 Å². The average Bonchev–Trinajstić information content (AvgIpc) is 2.66. The van der Waals surface area contributed by atoms with Gasteiger partial charge in [-0.05, 0) is 47.9 Å². The number of carboxylic acid groups (broad SMARTS) is 1. The Kier molecular flexibility index (Phi) is 8.07. The van der Waals surface area contributed by atoms with E-state index in [1.807, 2.05) is 36.4 Å². The predicted molar refractivity (Wildman–Crippen MR) is 112 cm³/mol. The lowest BCUT2D eigenvalue weighted by Gasteiger charge is -2.09. The van der Waals surface area contributed by atoms with Crippen LogP contribution in [-0.4, -0.2) is 28.6 Å². The quantitative estimate of drug-likeness (QED) is 0.544. The van der Waals surface area contributed by atoms with Crippen molar-refractivity contribution in [1.82, 2.24) is 0 Å². The number of thioether (sulfide) groups is 1. The molecule has 0 radical (unpaired) electrons. The zero-order chi connectivity index (χ0) is 20.5. The summed E-state index contributed by atoms with van der Waals surface area (Å²) in [7, 11) is 0. The predicted octanol–water partition coefficient (Wildman–Crippen LogP) is 4.34. The Balaban J connectivity index is 1.78. The number of hydrogen-bond donors (Lipinski definition) is 3. The summed E-state index contributed by atoms with van der Waals surface area (Å²) >= 11 is 1.40. The van der Waals surface area contributed by atoms with E-state index in [1.54, 1.807) is 12.1 Å². The van der Waals surface area contributed by atoms with Gasteiger partial charge in [0.1, 0.15) is 0 Å². The van der Waals surface area contributed by atoms with Crippen LogP contribution in [0, 0.1) is 0 Å². The zero-order valence-electron chi connectivity index (χ0n) is 15.9. The van der Waals surface area contributed by atoms with Gasteiger partial charge in [-0.15, -0.1) is 11.8 Å². The van der Waals surface area contributed by atoms with E-state index in [1.165, 1.54) is 17.3 Å². The molecule has 2 aromatic carbocycles. The van der Waals surface area contributed by atoms with Crippen molar-refractivity contribution in [1.29, 1.82) is 0 Å². The van der Waals surface area contributed by atoms with Gasteiger partial charge in [-0.2, -0.15) is 0 Å². The van der Waals surface area contributed by atoms with Crippen LogP contribution in [0.5, 0.6) is 0 Å². The summed E-state index contributed by atoms with van der Waals surface area (Å²) in [5, 5.41) is 14.1. The Morgan fingerprint density at radius 2 is 1.39 bits per heavy atom. The van der Waals surface area contributed by atoms with Crippen molar-refractivity contribution in [3.8, 4) is 0 Å². The number of anilines is 2. The van der Waals surface area contributed by atoms with Crippen LogP contribution in [0.1, 0.15) is 38.2 Å². The highest BCUT2D eigenvalue weighted by Gasteiger charge is 2.07. The summed E-state index contributed by atoms with van der Waals surface area (Å²) in [5.74, 6) is -0.712. The van der Waals surface area contributed by atoms with Crippen molar-refractivity contribution >= 4 is 40.9 Å². The molecule has 0 saturated heterocycles. The lowest BCUT2D eigenvalue weighted by Crippen LogP contribution is -2.14. The molecule has 0 aliphatic rings. The summed E-state index contributed by atoms with van der Waals surface area (Å²) in [6, 6.07) is 14.9. The largest absolute Gasteiger partial charge is 0.481 e. The number of carboxylic acids is 1. The van der Waals surface area contributed by atoms with E-state index in [0.29, 0.717) is 11.6 Å². The number of benzene rings is 2. The molecule has 0 fully saturated rings. The molecule has 0 heterocycles. The van der Waals surface area contributed by atoms with E-state index in [-0.39, 0.29) is 30.4 Å². The summed E-state index contributed by atoms with van der Waals surface area (Å²) < 4.78 is 0. The van der Waals surface area contributed by atoms with Gasteiger partial charge in [-0.1, -0.05) is 26.0 Å². The smallest absolute Gasteiger partial charge is 0.303 e. The van der Waals surface area contributed by atoms with Gasteiger partial charge in [0.25, 0.3) is 0 Å². The van der Waals surface area contributed by atoms with E-state index >= 15 is 0 Å². The van der Waals surface area contributed by atoms with Gasteiger partial charge in [0, 0.05) is 22.7 Å². The number of amides is 2. The number of hydrogen-bond acceptors (Lipinski definition) is 4. The van der Waals surface area contributed by atoms with Gasteiger partial charge in [0.2, 0.25) is 11.8 Å². The van der Waals surface area contributed by atoms with E-state index in [0.717, 1.165) is 10.6 Å². The molecule has 0 bridgehead atoms. The van der Waals surface area contributed by atoms with Crippen LogP contribution in [0.3, 0.4) is 0 Å². The lowest BCUT2D eigenvalue weighted by molar-refractivity contribution is -0.138. The number of carbonyl (C=O) groups is 3. The van der Waals surface area contributed by atoms with Crippen LogP contribution in [0.2, 0.25) is 0 Å². The molecule has 0 saturated carbocycles. The molecule has 2 rings (SSSR count). The maximum absolute atomic E-state index is 12.1. The third kappa shape index (κ3) is 7.44. The zero-order valence-corrected chi connectivity index (χ0v) is 16.7. The Hall–Kier alpha value is -2.80. The third-order valence-electron chi connectivity index (χ3n) is 3.94. The van der Waals surface area contributed by atoms with Crippen molar-refractivity contribution < 1.29 is 19.5 Å². The molecule has 2 amide bonds. The SMILES string of the molecule is CC(C)c1ccc(NC(=O)CSc2ccc(NC(=O)CCC(=O)O)cc2)cc1. The summed E-state index contributed by atoms with van der Waals surface area (Å²) in [4.78, 5) is 35.1. The minimum Gasteiger partial charge on any atom is -0.481 e. The van der Waals surface area contributed by atoms with Crippen molar-refractivity contribution in [3.05, 3.63) is 54.1 Å². The fourth-order valence-corrected chi connectivity index (χ4v) is 3.07. The van der Waals surface area contributed by atoms with Gasteiger partial charge in [0.05, 0.1) is 12.2 Å². The Bertz CT molecular complexity index is 817. The number of carbonyl (C=O) groups excluding carboxylic acids is 2. The van der Waals surface area contributed by atoms with Gasteiger partial charge >= 0.3 is 5.97 Å². The maximum atomic E-state index is 12.1. The molecule has 0 aliphatic carbocycles. The van der Waals surface area contributed by atoms with Gasteiger partial charge in [-0.25, -0.2) is 0 Å². The first kappa shape index (κ1) is 21.5. The average molecular weight is 401 g/mol. The Morgan fingerprint density at radius 1 is 0.857 bits per heavy atom. The van der Waals surface area contributed by atoms with Crippen LogP contribution in [-0.2, 0) is 14.4 Å². The molecule has 7 heteroatoms. The summed E-state index contributed by atoms with van der Waals surface area (Å²) in [6.45, 7) is 4.24. The first-order valence-electron chi connectivity index (χ1n) is 8.98. The van der Waals surface area contributed by atoms with Crippen LogP contribution >= 0.6 is 11.8 Å². The lowest BCUT2D eigenvalue weighted by atomic mass is 10.0. The van der Waals surface area contributed by atoms with Crippen LogP contribution in [0.25, 0.3) is 0 Å². The molecule has 2 aromatic rings. The van der Waals surface area contributed by atoms with Gasteiger partial charge < -0.3 is 15.7 Å². The van der Waals surface area contributed by atoms with E-state index in [4.69, 9.17) is 5.11 Å². The van der Waals surface area contributed by atoms with Crippen LogP contribution in [0.4, 0.5) is 11.4 Å². The molecule has 0 spiro atoms. The Labute approximate surface area is 168 Å². The topological polar surface area (TPSA) is 95.5 Å². The molecule has 0 unspecified atom stereocenters. The molecule has 28 heavy (non-hydrogen) atoms. The van der Waals surface area contributed by atoms with E-state index in [2.05, 4.69) is 24.5 Å². The van der Waals surface area contributed by atoms with E-state index in [9.17, 15) is 14.4 Å². The highest BCUT2D eigenvalue weighted by Crippen LogP contribution is 2.21. The second kappa shape index (κ2) is 10.5. The van der Waals surface area contributed by atoms with Gasteiger partial charge in [0.15, 0.2) is 0 Å². The van der Waals surface area contributed by atoms with Crippen molar-refractivity contribution in [2.45, 2.75) is 37.5 Å². The molecular weight excluding hydrogens is 376 g/mol. The van der Waals surface area contributed by atoms with Crippen LogP contribution < -0.4 is 10.6 Å². The van der Waals surface area contributed by atoms with Crippen molar-refractivity contribution in [2.75, 3.05) is 16.4 Å². The number of rotatable bonds is 9. The highest BCUT2D eigenvalue weighted by molar-refractivity contribution is 8.00. The fraction of sp³-hybridized carbons (Fsp3) is 0.286. The van der Waals surface area contributed by atoms with Crippen molar-refractivity contribution in [3.63, 3.8) is 0 Å². The summed E-state index contributed by atoms with van der Waals surface area (Å²) in [6.07, 6.45) is -0.265. The normalized spacial score (nSPS) is 10.5. The Morgan fingerprint density at radius 3 is 1.93 bits per heavy atom. The van der Waals surface area contributed by atoms with Crippen LogP contribution in [0.15, 0.2) is 53.4 Å². The second-order valence-corrected chi connectivity index (χ2v) is 7.63. The number of nitrogens with one attached hydrogen (secondary N) is 2. The molecule has 6 nitrogen and oxygen atoms in total. The van der Waals surface area contributed by atoms with E-state index < -0.39 is 5.97 Å². The fourth-order valence-electron chi connectivity index (χ4n) is 2.38. The monoisotopic (exact) mass is 400 g/mol. The first-order chi connectivity index (χ1) is 13.3. The molecule has 3 N–H and O–H groups in total. The second-order valence-electron chi connectivity index (χ2n) is 6.58. The highest BCUT2D eigenvalue weighted by atomic mass is 32.2. The first-order valence-corrected chi connectivity index (χ1v) is 9.96. The molecule has 148 valence electrons. The third-order valence-corrected chi connectivity index (χ3v) is 4.95. The summed E-state index contributed by atoms with van der Waals surface area (Å²) in [5.41, 5.74) is 2.59. The standard InChI is InChI=1S/C21H24N2O4S/c1-14(2)15-3-5-16(6-4-15)23-20(25)13-28-18-9-7-17(8-10-18)22-19(24)11-12-21(26)27/h3-10,14H,11-13H2,1-2H3,(H,22,24)(H,23,25)(H,26,27). The molecular formula is C21H24N2O4S.